The van der Waals surface area contributed by atoms with E-state index in [1.54, 1.807) is 31.4 Å². The molecule has 0 aromatic heterocycles. The molecule has 0 saturated carbocycles. The number of nitrogens with one attached hydrogen (secondary N) is 2. The molecule has 1 aromatic carbocycles. The van der Waals surface area contributed by atoms with Gasteiger partial charge in [0, 0.05) is 11.8 Å². The van der Waals surface area contributed by atoms with Crippen LogP contribution in [0.5, 0.6) is 5.75 Å². The van der Waals surface area contributed by atoms with Crippen LogP contribution in [-0.2, 0) is 4.84 Å². The average Bonchev–Trinajstić information content (AvgIpc) is 2.18. The summed E-state index contributed by atoms with van der Waals surface area (Å²) >= 11 is 0. The summed E-state index contributed by atoms with van der Waals surface area (Å²) < 4.78 is 4.99. The Balaban J connectivity index is 2.62. The van der Waals surface area contributed by atoms with Gasteiger partial charge in [0.1, 0.15) is 5.75 Å². The van der Waals surface area contributed by atoms with E-state index >= 15 is 0 Å². The molecule has 0 saturated heterocycles. The van der Waals surface area contributed by atoms with E-state index in [4.69, 9.17) is 4.74 Å². The van der Waals surface area contributed by atoms with E-state index in [0.29, 0.717) is 11.4 Å². The molecular weight excluding hydrogens is 184 g/mol. The number of benzene rings is 1. The molecule has 0 unspecified atom stereocenters. The zero-order valence-electron chi connectivity index (χ0n) is 8.03. The van der Waals surface area contributed by atoms with Gasteiger partial charge in [-0.05, 0) is 12.1 Å². The van der Waals surface area contributed by atoms with Crippen molar-refractivity contribution in [2.75, 3.05) is 19.5 Å². The second-order valence-corrected chi connectivity index (χ2v) is 2.49. The first-order valence-corrected chi connectivity index (χ1v) is 4.00. The molecule has 5 heteroatoms. The first-order chi connectivity index (χ1) is 6.76. The molecule has 0 spiro atoms. The maximum absolute atomic E-state index is 11.0. The van der Waals surface area contributed by atoms with Crippen molar-refractivity contribution in [3.8, 4) is 5.75 Å². The summed E-state index contributed by atoms with van der Waals surface area (Å²) in [4.78, 5) is 15.5. The minimum Gasteiger partial charge on any atom is -0.497 e. The lowest BCUT2D eigenvalue weighted by molar-refractivity contribution is 0.114. The lowest BCUT2D eigenvalue weighted by Crippen LogP contribution is -2.27. The van der Waals surface area contributed by atoms with Crippen molar-refractivity contribution in [3.63, 3.8) is 0 Å². The second-order valence-electron chi connectivity index (χ2n) is 2.49. The summed E-state index contributed by atoms with van der Waals surface area (Å²) in [5.74, 6) is 0.681. The fourth-order valence-corrected chi connectivity index (χ4v) is 0.950. The van der Waals surface area contributed by atoms with Gasteiger partial charge in [-0.2, -0.15) is 0 Å². The molecule has 0 atom stereocenters. The van der Waals surface area contributed by atoms with Gasteiger partial charge in [0.2, 0.25) is 0 Å². The Morgan fingerprint density at radius 2 is 2.14 bits per heavy atom. The van der Waals surface area contributed by atoms with Crippen LogP contribution in [0.4, 0.5) is 10.5 Å². The van der Waals surface area contributed by atoms with Gasteiger partial charge in [0.05, 0.1) is 14.2 Å². The molecule has 0 heterocycles. The number of hydrogen-bond donors (Lipinski definition) is 2. The van der Waals surface area contributed by atoms with Crippen LogP contribution in [-0.4, -0.2) is 20.3 Å². The van der Waals surface area contributed by atoms with Crippen molar-refractivity contribution in [1.29, 1.82) is 0 Å². The van der Waals surface area contributed by atoms with Crippen molar-refractivity contribution in [3.05, 3.63) is 24.3 Å². The Labute approximate surface area is 82.0 Å². The van der Waals surface area contributed by atoms with Crippen molar-refractivity contribution in [1.82, 2.24) is 5.48 Å². The van der Waals surface area contributed by atoms with Gasteiger partial charge >= 0.3 is 6.03 Å². The van der Waals surface area contributed by atoms with Crippen molar-refractivity contribution < 1.29 is 14.4 Å². The van der Waals surface area contributed by atoms with Crippen LogP contribution in [0.1, 0.15) is 0 Å². The van der Waals surface area contributed by atoms with Gasteiger partial charge in [-0.25, -0.2) is 10.3 Å². The quantitative estimate of drug-likeness (QED) is 0.718. The number of rotatable bonds is 3. The zero-order valence-corrected chi connectivity index (χ0v) is 8.03. The van der Waals surface area contributed by atoms with Crippen LogP contribution in [0.2, 0.25) is 0 Å². The van der Waals surface area contributed by atoms with E-state index in [9.17, 15) is 4.79 Å². The maximum atomic E-state index is 11.0. The summed E-state index contributed by atoms with van der Waals surface area (Å²) in [6.45, 7) is 0. The van der Waals surface area contributed by atoms with Crippen molar-refractivity contribution in [2.24, 2.45) is 0 Å². The number of amides is 2. The molecule has 76 valence electrons. The molecular formula is C9H12N2O3. The van der Waals surface area contributed by atoms with E-state index in [-0.39, 0.29) is 0 Å². The zero-order chi connectivity index (χ0) is 10.4. The Kier molecular flexibility index (Phi) is 3.75. The van der Waals surface area contributed by atoms with Crippen LogP contribution in [0.3, 0.4) is 0 Å². The first-order valence-electron chi connectivity index (χ1n) is 4.00. The standard InChI is InChI=1S/C9H12N2O3/c1-13-8-5-3-4-7(6-8)10-9(12)11-14-2/h3-6H,1-2H3,(H2,10,11,12). The number of anilines is 1. The number of hydrogen-bond acceptors (Lipinski definition) is 3. The molecule has 2 amide bonds. The van der Waals surface area contributed by atoms with Gasteiger partial charge in [-0.3, -0.25) is 4.84 Å². The van der Waals surface area contributed by atoms with Gasteiger partial charge in [0.25, 0.3) is 0 Å². The minimum atomic E-state index is -0.430. The largest absolute Gasteiger partial charge is 0.497 e. The Bertz CT molecular complexity index is 315. The Hall–Kier alpha value is -1.75. The molecule has 0 aliphatic heterocycles. The second kappa shape index (κ2) is 5.08. The molecule has 1 rings (SSSR count). The predicted octanol–water partition coefficient (Wildman–Crippen LogP) is 1.38. The normalized spacial score (nSPS) is 9.29. The van der Waals surface area contributed by atoms with Gasteiger partial charge in [-0.15, -0.1) is 0 Å². The Morgan fingerprint density at radius 3 is 2.79 bits per heavy atom. The summed E-state index contributed by atoms with van der Waals surface area (Å²) in [7, 11) is 2.93. The smallest absolute Gasteiger partial charge is 0.343 e. The van der Waals surface area contributed by atoms with Crippen LogP contribution in [0.15, 0.2) is 24.3 Å². The molecule has 0 fully saturated rings. The molecule has 5 nitrogen and oxygen atoms in total. The molecule has 0 radical (unpaired) electrons. The predicted molar refractivity (Wildman–Crippen MR) is 52.2 cm³/mol. The van der Waals surface area contributed by atoms with E-state index in [1.165, 1.54) is 7.11 Å². The number of carbonyl (C=O) groups excluding carboxylic acids is 1. The third-order valence-corrected chi connectivity index (χ3v) is 1.52. The van der Waals surface area contributed by atoms with Crippen LogP contribution in [0.25, 0.3) is 0 Å². The third kappa shape index (κ3) is 2.95. The molecule has 1 aromatic rings. The van der Waals surface area contributed by atoms with Gasteiger partial charge in [-0.1, -0.05) is 6.07 Å². The van der Waals surface area contributed by atoms with Gasteiger partial charge in [0.15, 0.2) is 0 Å². The lowest BCUT2D eigenvalue weighted by Gasteiger charge is -2.06. The third-order valence-electron chi connectivity index (χ3n) is 1.52. The summed E-state index contributed by atoms with van der Waals surface area (Å²) in [6, 6.07) is 6.59. The van der Waals surface area contributed by atoms with Gasteiger partial charge < -0.3 is 10.1 Å². The fraction of sp³-hybridized carbons (Fsp3) is 0.222. The topological polar surface area (TPSA) is 59.6 Å². The fourth-order valence-electron chi connectivity index (χ4n) is 0.950. The number of urea groups is 1. The lowest BCUT2D eigenvalue weighted by atomic mass is 10.3. The molecule has 0 aliphatic rings. The summed E-state index contributed by atoms with van der Waals surface area (Å²) in [6.07, 6.45) is 0. The maximum Gasteiger partial charge on any atom is 0.343 e. The number of ether oxygens (including phenoxy) is 1. The minimum absolute atomic E-state index is 0.430. The van der Waals surface area contributed by atoms with Crippen molar-refractivity contribution >= 4 is 11.7 Å². The average molecular weight is 196 g/mol. The van der Waals surface area contributed by atoms with E-state index in [2.05, 4.69) is 15.6 Å². The number of carbonyl (C=O) groups is 1. The van der Waals surface area contributed by atoms with E-state index in [1.807, 2.05) is 0 Å². The summed E-state index contributed by atoms with van der Waals surface area (Å²) in [5.41, 5.74) is 2.78. The number of methoxy groups -OCH3 is 1. The molecule has 2 N–H and O–H groups in total. The highest BCUT2D eigenvalue weighted by Gasteiger charge is 2.00. The number of hydroxylamine groups is 1. The van der Waals surface area contributed by atoms with E-state index in [0.717, 1.165) is 0 Å². The highest BCUT2D eigenvalue weighted by molar-refractivity contribution is 5.88. The van der Waals surface area contributed by atoms with Crippen molar-refractivity contribution in [2.45, 2.75) is 0 Å². The summed E-state index contributed by atoms with van der Waals surface area (Å²) in [5, 5.41) is 2.56. The highest BCUT2D eigenvalue weighted by atomic mass is 16.6. The first kappa shape index (κ1) is 10.3. The van der Waals surface area contributed by atoms with Crippen LogP contribution >= 0.6 is 0 Å². The van der Waals surface area contributed by atoms with Crippen LogP contribution in [0, 0.1) is 0 Å². The Morgan fingerprint density at radius 1 is 1.36 bits per heavy atom. The molecule has 0 bridgehead atoms. The SMILES string of the molecule is CONC(=O)Nc1cccc(OC)c1. The highest BCUT2D eigenvalue weighted by Crippen LogP contribution is 2.16. The molecule has 14 heavy (non-hydrogen) atoms. The molecule has 0 aliphatic carbocycles. The van der Waals surface area contributed by atoms with Crippen LogP contribution < -0.4 is 15.5 Å². The van der Waals surface area contributed by atoms with E-state index < -0.39 is 6.03 Å². The monoisotopic (exact) mass is 196 g/mol.